The number of aromatic nitrogens is 4. The van der Waals surface area contributed by atoms with Crippen molar-refractivity contribution in [2.75, 3.05) is 45.0 Å². The number of likely N-dealkylation sites (tertiary alicyclic amines) is 2. The molecule has 0 unspecified atom stereocenters. The van der Waals surface area contributed by atoms with E-state index >= 15 is 0 Å². The predicted octanol–water partition coefficient (Wildman–Crippen LogP) is 4.08. The van der Waals surface area contributed by atoms with Gasteiger partial charge < -0.3 is 20.7 Å². The second-order valence-electron chi connectivity index (χ2n) is 11.2. The molecule has 2 aromatic heterocycles. The fraction of sp³-hybridized carbons (Fsp3) is 0.433. The lowest BCUT2D eigenvalue weighted by molar-refractivity contribution is 0.0495. The minimum atomic E-state index is -0.399. The third kappa shape index (κ3) is 4.80. The lowest BCUT2D eigenvalue weighted by Gasteiger charge is -2.45. The number of hydrogen-bond donors (Lipinski definition) is 2. The first-order valence-corrected chi connectivity index (χ1v) is 14.3. The molecular weight excluding hydrogens is 507 g/mol. The van der Waals surface area contributed by atoms with Crippen LogP contribution in [0.25, 0.3) is 22.3 Å². The number of rotatable bonds is 6. The fourth-order valence-corrected chi connectivity index (χ4v) is 6.43. The molecule has 208 valence electrons. The Morgan fingerprint density at radius 2 is 1.50 bits per heavy atom. The molecule has 0 amide bonds. The van der Waals surface area contributed by atoms with Crippen molar-refractivity contribution in [3.05, 3.63) is 60.7 Å². The maximum atomic E-state index is 14.0. The van der Waals surface area contributed by atoms with Crippen LogP contribution in [0.4, 0.5) is 10.2 Å². The van der Waals surface area contributed by atoms with Gasteiger partial charge in [-0.2, -0.15) is 5.10 Å². The molecule has 3 aliphatic heterocycles. The molecule has 0 radical (unpaired) electrons. The average Bonchev–Trinajstić information content (AvgIpc) is 3.35. The summed E-state index contributed by atoms with van der Waals surface area (Å²) in [6.45, 7) is 6.86. The van der Waals surface area contributed by atoms with Gasteiger partial charge in [0.05, 0.1) is 11.4 Å². The number of nitrogens with one attached hydrogen (secondary N) is 1. The van der Waals surface area contributed by atoms with Crippen molar-refractivity contribution in [1.29, 1.82) is 0 Å². The van der Waals surface area contributed by atoms with E-state index in [4.69, 9.17) is 15.6 Å². The lowest BCUT2D eigenvalue weighted by Crippen LogP contribution is -2.60. The molecule has 0 atom stereocenters. The van der Waals surface area contributed by atoms with E-state index in [-0.39, 0.29) is 11.8 Å². The van der Waals surface area contributed by atoms with Crippen LogP contribution in [0.15, 0.2) is 54.9 Å². The predicted molar refractivity (Wildman–Crippen MR) is 153 cm³/mol. The highest BCUT2D eigenvalue weighted by Gasteiger charge is 2.33. The standard InChI is InChI=1S/C30H35FN8O/c31-25-3-1-2-4-26(25)40-24-7-5-20(6-8-24)28-27-29(32)34-19-35-30(27)39(36-28)22-11-15-37(16-12-22)21-9-13-38(14-10-21)23-17-33-18-23/h1-8,19,21-23,33H,9-18H2,(H2,32,34,35). The SMILES string of the molecule is Nc1ncnc2c1c(-c1ccc(Oc3ccccc3F)cc1)nn2C1CCN(C2CCN(C3CNC3)CC2)CC1. The molecule has 0 spiro atoms. The molecule has 3 fully saturated rings. The maximum Gasteiger partial charge on any atom is 0.165 e. The Morgan fingerprint density at radius 1 is 0.825 bits per heavy atom. The highest BCUT2D eigenvalue weighted by atomic mass is 19.1. The second kappa shape index (κ2) is 10.8. The first-order valence-electron chi connectivity index (χ1n) is 14.3. The number of fused-ring (bicyclic) bond motifs is 1. The monoisotopic (exact) mass is 542 g/mol. The van der Waals surface area contributed by atoms with Crippen LogP contribution in [0.5, 0.6) is 11.5 Å². The topological polar surface area (TPSA) is 97.4 Å². The Morgan fingerprint density at radius 3 is 2.17 bits per heavy atom. The Hall–Kier alpha value is -3.60. The summed E-state index contributed by atoms with van der Waals surface area (Å²) < 4.78 is 21.8. The van der Waals surface area contributed by atoms with E-state index in [1.165, 1.54) is 38.3 Å². The molecule has 3 N–H and O–H groups in total. The first kappa shape index (κ1) is 25.4. The van der Waals surface area contributed by atoms with E-state index in [1.807, 2.05) is 24.3 Å². The first-order chi connectivity index (χ1) is 19.6. The van der Waals surface area contributed by atoms with Gasteiger partial charge in [-0.05, 0) is 62.1 Å². The molecule has 0 bridgehead atoms. The van der Waals surface area contributed by atoms with E-state index in [0.717, 1.165) is 67.4 Å². The normalized spacial score (nSPS) is 20.1. The van der Waals surface area contributed by atoms with Crippen molar-refractivity contribution in [1.82, 2.24) is 34.9 Å². The summed E-state index contributed by atoms with van der Waals surface area (Å²) in [4.78, 5) is 14.2. The molecular formula is C30H35FN8O. The van der Waals surface area contributed by atoms with Crippen molar-refractivity contribution in [3.8, 4) is 22.8 Å². The maximum absolute atomic E-state index is 14.0. The highest BCUT2D eigenvalue weighted by Crippen LogP contribution is 2.36. The highest BCUT2D eigenvalue weighted by molar-refractivity contribution is 5.98. The molecule has 4 aromatic rings. The van der Waals surface area contributed by atoms with E-state index < -0.39 is 5.82 Å². The van der Waals surface area contributed by atoms with E-state index in [0.29, 0.717) is 17.6 Å². The summed E-state index contributed by atoms with van der Waals surface area (Å²) in [5.41, 5.74) is 8.78. The molecule has 7 rings (SSSR count). The number of nitrogen functional groups attached to an aromatic ring is 1. The zero-order valence-electron chi connectivity index (χ0n) is 22.5. The fourth-order valence-electron chi connectivity index (χ4n) is 6.43. The van der Waals surface area contributed by atoms with Gasteiger partial charge in [-0.3, -0.25) is 4.90 Å². The van der Waals surface area contributed by atoms with E-state index in [9.17, 15) is 4.39 Å². The van der Waals surface area contributed by atoms with Crippen LogP contribution in [0.3, 0.4) is 0 Å². The lowest BCUT2D eigenvalue weighted by atomic mass is 9.96. The van der Waals surface area contributed by atoms with Crippen LogP contribution >= 0.6 is 0 Å². The number of piperidine rings is 2. The summed E-state index contributed by atoms with van der Waals surface area (Å²) in [5, 5.41) is 9.23. The van der Waals surface area contributed by atoms with Crippen molar-refractivity contribution < 1.29 is 9.13 Å². The number of ether oxygens (including phenoxy) is 1. The quantitative estimate of drug-likeness (QED) is 0.376. The molecule has 0 aliphatic carbocycles. The number of anilines is 1. The number of hydrogen-bond acceptors (Lipinski definition) is 8. The summed E-state index contributed by atoms with van der Waals surface area (Å²) in [7, 11) is 0. The second-order valence-corrected chi connectivity index (χ2v) is 11.2. The van der Waals surface area contributed by atoms with Crippen LogP contribution in [0.2, 0.25) is 0 Å². The number of benzene rings is 2. The van der Waals surface area contributed by atoms with Crippen LogP contribution in [-0.4, -0.2) is 80.9 Å². The van der Waals surface area contributed by atoms with Gasteiger partial charge in [0.1, 0.15) is 23.6 Å². The van der Waals surface area contributed by atoms with Crippen LogP contribution in [0, 0.1) is 5.82 Å². The van der Waals surface area contributed by atoms with Crippen LogP contribution in [0.1, 0.15) is 31.7 Å². The van der Waals surface area contributed by atoms with Gasteiger partial charge in [0.25, 0.3) is 0 Å². The largest absolute Gasteiger partial charge is 0.454 e. The minimum absolute atomic E-state index is 0.190. The van der Waals surface area contributed by atoms with Crippen molar-refractivity contribution in [2.24, 2.45) is 0 Å². The minimum Gasteiger partial charge on any atom is -0.454 e. The smallest absolute Gasteiger partial charge is 0.165 e. The summed E-state index contributed by atoms with van der Waals surface area (Å²) in [5.74, 6) is 0.757. The Labute approximate surface area is 233 Å². The molecule has 10 heteroatoms. The van der Waals surface area contributed by atoms with Crippen molar-refractivity contribution in [2.45, 2.75) is 43.8 Å². The third-order valence-electron chi connectivity index (χ3n) is 8.85. The summed E-state index contributed by atoms with van der Waals surface area (Å²) >= 11 is 0. The van der Waals surface area contributed by atoms with Gasteiger partial charge in [-0.1, -0.05) is 12.1 Å². The Bertz CT molecular complexity index is 1470. The Balaban J connectivity index is 1.07. The number of para-hydroxylation sites is 1. The molecule has 9 nitrogen and oxygen atoms in total. The summed E-state index contributed by atoms with van der Waals surface area (Å²) in [6.07, 6.45) is 6.10. The number of nitrogens with two attached hydrogens (primary N) is 1. The molecule has 0 saturated carbocycles. The van der Waals surface area contributed by atoms with E-state index in [1.54, 1.807) is 18.2 Å². The van der Waals surface area contributed by atoms with Gasteiger partial charge in [-0.15, -0.1) is 0 Å². The number of halogens is 1. The van der Waals surface area contributed by atoms with E-state index in [2.05, 4.69) is 29.8 Å². The van der Waals surface area contributed by atoms with Crippen molar-refractivity contribution in [3.63, 3.8) is 0 Å². The van der Waals surface area contributed by atoms with Gasteiger partial charge in [0.2, 0.25) is 0 Å². The Kier molecular flexibility index (Phi) is 6.82. The van der Waals surface area contributed by atoms with Gasteiger partial charge in [0, 0.05) is 56.9 Å². The molecule has 40 heavy (non-hydrogen) atoms. The molecule has 5 heterocycles. The zero-order chi connectivity index (χ0) is 27.1. The van der Waals surface area contributed by atoms with Gasteiger partial charge in [0.15, 0.2) is 17.2 Å². The molecule has 3 saturated heterocycles. The van der Waals surface area contributed by atoms with Crippen molar-refractivity contribution >= 4 is 16.9 Å². The molecule has 2 aromatic carbocycles. The average molecular weight is 543 g/mol. The van der Waals surface area contributed by atoms with Gasteiger partial charge in [-0.25, -0.2) is 19.0 Å². The number of nitrogens with zero attached hydrogens (tertiary/aromatic N) is 6. The van der Waals surface area contributed by atoms with Gasteiger partial charge >= 0.3 is 0 Å². The van der Waals surface area contributed by atoms with Crippen LogP contribution in [-0.2, 0) is 0 Å². The third-order valence-corrected chi connectivity index (χ3v) is 8.85. The van der Waals surface area contributed by atoms with Crippen LogP contribution < -0.4 is 15.8 Å². The zero-order valence-corrected chi connectivity index (χ0v) is 22.5. The molecule has 3 aliphatic rings. The summed E-state index contributed by atoms with van der Waals surface area (Å²) in [6, 6.07) is 15.5.